The van der Waals surface area contributed by atoms with Crippen molar-refractivity contribution in [1.82, 2.24) is 5.43 Å². The lowest BCUT2D eigenvalue weighted by atomic mass is 10.0. The minimum Gasteiger partial charge on any atom is -0.313 e. The Kier molecular flexibility index (Phi) is 2.82. The molecule has 1 N–H and O–H groups in total. The molecule has 0 radical (unpaired) electrons. The molecule has 1 saturated heterocycles. The molecule has 19 heavy (non-hydrogen) atoms. The maximum Gasteiger partial charge on any atom is 0.276 e. The Balaban J connectivity index is 2.10. The van der Waals surface area contributed by atoms with Crippen molar-refractivity contribution in [3.8, 4) is 0 Å². The molecule has 5 nitrogen and oxygen atoms in total. The fourth-order valence-corrected chi connectivity index (χ4v) is 4.02. The van der Waals surface area contributed by atoms with Crippen LogP contribution in [0.4, 0.5) is 5.69 Å². The molecule has 98 valence electrons. The lowest BCUT2D eigenvalue weighted by molar-refractivity contribution is -0.118. The molecule has 0 aromatic heterocycles. The highest BCUT2D eigenvalue weighted by Gasteiger charge is 2.52. The van der Waals surface area contributed by atoms with E-state index in [1.807, 2.05) is 24.3 Å². The number of carbonyl (C=O) groups is 2. The van der Waals surface area contributed by atoms with Crippen molar-refractivity contribution in [1.29, 1.82) is 0 Å². The number of para-hydroxylation sites is 1. The number of Topliss-reactive ketones (excluding diaryl/α,β-unsaturated/α-hetero) is 1. The van der Waals surface area contributed by atoms with Crippen LogP contribution in [0.25, 0.3) is 0 Å². The van der Waals surface area contributed by atoms with Crippen molar-refractivity contribution in [2.75, 3.05) is 11.9 Å². The second-order valence-corrected chi connectivity index (χ2v) is 5.62. The van der Waals surface area contributed by atoms with E-state index in [4.69, 9.17) is 0 Å². The van der Waals surface area contributed by atoms with Crippen molar-refractivity contribution in [3.05, 3.63) is 24.3 Å². The molecule has 1 aromatic carbocycles. The van der Waals surface area contributed by atoms with Crippen molar-refractivity contribution >= 4 is 34.9 Å². The molecule has 1 amide bonds. The normalized spacial score (nSPS) is 26.5. The summed E-state index contributed by atoms with van der Waals surface area (Å²) in [7, 11) is 1.63. The minimum atomic E-state index is -0.475. The zero-order valence-corrected chi connectivity index (χ0v) is 11.4. The van der Waals surface area contributed by atoms with Crippen LogP contribution >= 0.6 is 11.8 Å². The van der Waals surface area contributed by atoms with Crippen LogP contribution in [-0.2, 0) is 9.59 Å². The number of anilines is 1. The van der Waals surface area contributed by atoms with Gasteiger partial charge in [0, 0.05) is 11.9 Å². The van der Waals surface area contributed by atoms with Gasteiger partial charge in [-0.25, -0.2) is 0 Å². The van der Waals surface area contributed by atoms with Crippen LogP contribution < -0.4 is 10.3 Å². The Morgan fingerprint density at radius 3 is 2.84 bits per heavy atom. The predicted octanol–water partition coefficient (Wildman–Crippen LogP) is 1.25. The summed E-state index contributed by atoms with van der Waals surface area (Å²) in [5.41, 5.74) is 3.79. The summed E-state index contributed by atoms with van der Waals surface area (Å²) < 4.78 is 0. The van der Waals surface area contributed by atoms with Gasteiger partial charge in [0.05, 0.1) is 11.6 Å². The largest absolute Gasteiger partial charge is 0.313 e. The van der Waals surface area contributed by atoms with Gasteiger partial charge in [0.2, 0.25) is 0 Å². The van der Waals surface area contributed by atoms with Crippen molar-refractivity contribution < 1.29 is 9.59 Å². The molecule has 2 unspecified atom stereocenters. The molecule has 2 aliphatic heterocycles. The topological polar surface area (TPSA) is 61.8 Å². The van der Waals surface area contributed by atoms with E-state index >= 15 is 0 Å². The number of carbonyl (C=O) groups excluding carboxylic acids is 2. The number of rotatable bonds is 2. The number of fused-ring (bicyclic) bond motifs is 3. The zero-order chi connectivity index (χ0) is 13.6. The van der Waals surface area contributed by atoms with Crippen LogP contribution in [0.1, 0.15) is 6.92 Å². The van der Waals surface area contributed by atoms with E-state index in [0.29, 0.717) is 5.71 Å². The Bertz CT molecular complexity index is 599. The van der Waals surface area contributed by atoms with Crippen LogP contribution in [0.2, 0.25) is 0 Å². The van der Waals surface area contributed by atoms with Crippen molar-refractivity contribution in [3.63, 3.8) is 0 Å². The molecule has 2 aliphatic rings. The van der Waals surface area contributed by atoms with Gasteiger partial charge in [-0.05, 0) is 19.1 Å². The van der Waals surface area contributed by atoms with Crippen LogP contribution in [0.3, 0.4) is 0 Å². The molecule has 0 spiro atoms. The van der Waals surface area contributed by atoms with Crippen molar-refractivity contribution in [2.45, 2.75) is 17.2 Å². The first-order chi connectivity index (χ1) is 9.15. The summed E-state index contributed by atoms with van der Waals surface area (Å²) in [5.74, 6) is -0.690. The number of amides is 1. The maximum atomic E-state index is 12.4. The number of hydrogen-bond acceptors (Lipinski definition) is 5. The monoisotopic (exact) mass is 275 g/mol. The highest BCUT2D eigenvalue weighted by molar-refractivity contribution is 8.00. The summed E-state index contributed by atoms with van der Waals surface area (Å²) in [6.07, 6.45) is 0. The number of hydrazone groups is 1. The maximum absolute atomic E-state index is 12.4. The minimum absolute atomic E-state index is 0.0323. The van der Waals surface area contributed by atoms with Gasteiger partial charge in [0.15, 0.2) is 0 Å². The molecule has 0 saturated carbocycles. The number of nitrogens with one attached hydrogen (secondary N) is 1. The summed E-state index contributed by atoms with van der Waals surface area (Å²) in [6, 6.07) is 7.70. The molecule has 0 aliphatic carbocycles. The smallest absolute Gasteiger partial charge is 0.276 e. The molecule has 2 atom stereocenters. The molecular weight excluding hydrogens is 262 g/mol. The van der Waals surface area contributed by atoms with Gasteiger partial charge in [-0.1, -0.05) is 23.9 Å². The lowest BCUT2D eigenvalue weighted by Crippen LogP contribution is -2.30. The number of nitrogens with zero attached hydrogens (tertiary/aromatic N) is 2. The lowest BCUT2D eigenvalue weighted by Gasteiger charge is -2.16. The van der Waals surface area contributed by atoms with E-state index in [0.717, 1.165) is 10.6 Å². The Labute approximate surface area is 115 Å². The summed E-state index contributed by atoms with van der Waals surface area (Å²) in [5, 5.41) is 3.80. The van der Waals surface area contributed by atoms with Crippen LogP contribution in [-0.4, -0.2) is 29.8 Å². The van der Waals surface area contributed by atoms with Crippen LogP contribution in [0.15, 0.2) is 34.3 Å². The third-order valence-electron chi connectivity index (χ3n) is 3.31. The average molecular weight is 275 g/mol. The molecule has 3 rings (SSSR count). The highest BCUT2D eigenvalue weighted by atomic mass is 32.2. The Morgan fingerprint density at radius 1 is 1.42 bits per heavy atom. The second kappa shape index (κ2) is 4.38. The average Bonchev–Trinajstić information content (AvgIpc) is 2.86. The van der Waals surface area contributed by atoms with Crippen LogP contribution in [0, 0.1) is 5.92 Å². The van der Waals surface area contributed by atoms with Crippen LogP contribution in [0.5, 0.6) is 0 Å². The van der Waals surface area contributed by atoms with E-state index in [9.17, 15) is 9.59 Å². The number of hydrogen-bond donors (Lipinski definition) is 1. The second-order valence-electron chi connectivity index (χ2n) is 4.46. The predicted molar refractivity (Wildman–Crippen MR) is 74.2 cm³/mol. The van der Waals surface area contributed by atoms with Gasteiger partial charge < -0.3 is 5.43 Å². The zero-order valence-electron chi connectivity index (χ0n) is 10.6. The highest BCUT2D eigenvalue weighted by Crippen LogP contribution is 2.49. The number of ketones is 1. The Hall–Kier alpha value is -1.82. The third kappa shape index (κ3) is 1.67. The van der Waals surface area contributed by atoms with E-state index in [1.165, 1.54) is 6.92 Å². The van der Waals surface area contributed by atoms with Gasteiger partial charge in [0.25, 0.3) is 5.91 Å². The van der Waals surface area contributed by atoms with Gasteiger partial charge in [-0.15, -0.1) is 0 Å². The quantitative estimate of drug-likeness (QED) is 0.825. The molecule has 6 heteroatoms. The standard InChI is InChI=1S/C13H13N3O2S/c1-7(17)10-11(15-14-2)12(18)16-8-5-3-4-6-9(8)19-13(10)16/h3-6,10,13-14H,1-2H3/b15-11+. The first kappa shape index (κ1) is 12.2. The first-order valence-electron chi connectivity index (χ1n) is 5.99. The molecule has 1 aromatic rings. The third-order valence-corrected chi connectivity index (χ3v) is 4.64. The SMILES string of the molecule is CN/N=C1/C(=O)N2c3ccccc3SC2C1C(C)=O. The number of benzene rings is 1. The van der Waals surface area contributed by atoms with Crippen molar-refractivity contribution in [2.24, 2.45) is 11.0 Å². The first-order valence-corrected chi connectivity index (χ1v) is 6.87. The van der Waals surface area contributed by atoms with Gasteiger partial charge in [0.1, 0.15) is 16.9 Å². The molecule has 1 fully saturated rings. The van der Waals surface area contributed by atoms with E-state index in [1.54, 1.807) is 23.7 Å². The summed E-state index contributed by atoms with van der Waals surface area (Å²) in [6.45, 7) is 1.51. The Morgan fingerprint density at radius 2 is 2.16 bits per heavy atom. The molecule has 0 bridgehead atoms. The molecule has 2 heterocycles. The number of thioether (sulfide) groups is 1. The molecular formula is C13H13N3O2S. The fraction of sp³-hybridized carbons (Fsp3) is 0.308. The summed E-state index contributed by atoms with van der Waals surface area (Å²) in [4.78, 5) is 27.0. The van der Waals surface area contributed by atoms with E-state index in [2.05, 4.69) is 10.5 Å². The summed E-state index contributed by atoms with van der Waals surface area (Å²) >= 11 is 1.55. The van der Waals surface area contributed by atoms with Gasteiger partial charge in [-0.2, -0.15) is 5.10 Å². The fourth-order valence-electron chi connectivity index (χ4n) is 2.54. The van der Waals surface area contributed by atoms with Gasteiger partial charge >= 0.3 is 0 Å². The van der Waals surface area contributed by atoms with E-state index in [-0.39, 0.29) is 17.1 Å². The van der Waals surface area contributed by atoms with E-state index < -0.39 is 5.92 Å². The van der Waals surface area contributed by atoms with Gasteiger partial charge in [-0.3, -0.25) is 14.5 Å².